The van der Waals surface area contributed by atoms with Crippen LogP contribution in [-0.2, 0) is 18.4 Å². The second-order valence-electron chi connectivity index (χ2n) is 24.8. The van der Waals surface area contributed by atoms with Crippen molar-refractivity contribution < 1.29 is 32.9 Å². The maximum Gasteiger partial charge on any atom is 0.268 e. The van der Waals surface area contributed by atoms with Crippen LogP contribution in [0.3, 0.4) is 0 Å². The maximum absolute atomic E-state index is 13.0. The van der Waals surface area contributed by atoms with E-state index >= 15 is 0 Å². The van der Waals surface area contributed by atoms with Crippen LogP contribution in [0.5, 0.6) is 0 Å². The standard InChI is InChI=1S/C73H135N2O6P/c1-6-8-10-12-14-16-18-20-22-24-26-28-30-32-34-36-37-39-40-42-44-46-48-50-52-54-56-58-60-62-64-66-72(76)71(70-81-82(78,79)80-69-68-75(3,4)5)74-73(77)67-65-63-61-59-57-55-53-51-49-47-45-43-41-38-35-33-31-29-27-25-23-21-19-17-15-13-11-9-7-2/h9,11,15,17,21,23,27,29,33,35,56,58,64,66,71-72,76H,6-8,10,12-14,16,18-20,22,24-26,28,30-32,34,36-55,57,59-63,65,67-70H2,1-5H3,(H-,74,77,78,79)/b11-9-,17-15-,23-21-,29-27-,35-33-,58-56+,66-64+. The number of rotatable bonds is 64. The van der Waals surface area contributed by atoms with Crippen LogP contribution in [0.25, 0.3) is 0 Å². The lowest BCUT2D eigenvalue weighted by molar-refractivity contribution is -0.870. The quantitative estimate of drug-likeness (QED) is 0.0272. The van der Waals surface area contributed by atoms with Crippen LogP contribution < -0.4 is 10.2 Å². The second-order valence-corrected chi connectivity index (χ2v) is 26.3. The number of aliphatic hydroxyl groups excluding tert-OH is 1. The van der Waals surface area contributed by atoms with Crippen LogP contribution in [0.15, 0.2) is 85.1 Å². The molecule has 0 aliphatic carbocycles. The molecule has 0 radical (unpaired) electrons. The minimum absolute atomic E-state index is 0.00905. The molecular weight excluding hydrogens is 1030 g/mol. The van der Waals surface area contributed by atoms with Gasteiger partial charge in [-0.05, 0) is 77.0 Å². The number of quaternary nitrogens is 1. The summed E-state index contributed by atoms with van der Waals surface area (Å²) in [4.78, 5) is 25.6. The summed E-state index contributed by atoms with van der Waals surface area (Å²) in [5.74, 6) is -0.208. The lowest BCUT2D eigenvalue weighted by Gasteiger charge is -2.29. The molecule has 0 aromatic heterocycles. The van der Waals surface area contributed by atoms with Crippen molar-refractivity contribution in [2.75, 3.05) is 40.9 Å². The van der Waals surface area contributed by atoms with Gasteiger partial charge >= 0.3 is 0 Å². The number of amides is 1. The molecule has 9 heteroatoms. The van der Waals surface area contributed by atoms with Crippen LogP contribution in [0.4, 0.5) is 0 Å². The van der Waals surface area contributed by atoms with E-state index in [-0.39, 0.29) is 12.5 Å². The number of nitrogens with zero attached hydrogens (tertiary/aromatic N) is 1. The average Bonchev–Trinajstić information content (AvgIpc) is 3.47. The predicted octanol–water partition coefficient (Wildman–Crippen LogP) is 21.7. The fourth-order valence-electron chi connectivity index (χ4n) is 10.2. The SMILES string of the molecule is CC/C=C\C/C=C\C/C=C\C/C=C\C/C=C\CCCCCCCCCCCCCCCC(=O)NC(COP(=O)([O-])OCC[N+](C)(C)C)C(O)/C=C/CC/C=C/CCCCCCCCCCCCCCCCCCCCCCCCCCC. The van der Waals surface area contributed by atoms with Gasteiger partial charge in [-0.1, -0.05) is 324 Å². The Labute approximate surface area is 509 Å². The third-order valence-corrected chi connectivity index (χ3v) is 16.6. The van der Waals surface area contributed by atoms with Gasteiger partial charge in [-0.2, -0.15) is 0 Å². The van der Waals surface area contributed by atoms with E-state index in [2.05, 4.69) is 92.1 Å². The van der Waals surface area contributed by atoms with E-state index in [1.807, 2.05) is 27.2 Å². The average molecular weight is 1170 g/mol. The molecule has 0 aliphatic rings. The van der Waals surface area contributed by atoms with E-state index in [0.717, 1.165) is 70.6 Å². The number of unbranched alkanes of at least 4 members (excludes halogenated alkanes) is 39. The van der Waals surface area contributed by atoms with Gasteiger partial charge < -0.3 is 28.8 Å². The highest BCUT2D eigenvalue weighted by Gasteiger charge is 2.23. The van der Waals surface area contributed by atoms with Gasteiger partial charge in [-0.25, -0.2) is 0 Å². The Kier molecular flexibility index (Phi) is 61.4. The molecule has 0 aromatic rings. The molecule has 3 atom stereocenters. The third kappa shape index (κ3) is 65.2. The normalized spacial score (nSPS) is 14.2. The molecule has 82 heavy (non-hydrogen) atoms. The zero-order valence-electron chi connectivity index (χ0n) is 54.7. The first-order chi connectivity index (χ1) is 40.0. The van der Waals surface area contributed by atoms with E-state index in [0.29, 0.717) is 17.4 Å². The molecule has 0 bridgehead atoms. The Hall–Kier alpha value is -2.32. The molecule has 1 amide bonds. The molecule has 8 nitrogen and oxygen atoms in total. The number of carbonyl (C=O) groups excluding carboxylic acids is 1. The molecule has 0 heterocycles. The van der Waals surface area contributed by atoms with Gasteiger partial charge in [-0.15, -0.1) is 0 Å². The summed E-state index contributed by atoms with van der Waals surface area (Å²) in [7, 11) is 1.24. The van der Waals surface area contributed by atoms with E-state index in [4.69, 9.17) is 9.05 Å². The summed E-state index contributed by atoms with van der Waals surface area (Å²) in [6.45, 7) is 4.55. The molecule has 478 valence electrons. The summed E-state index contributed by atoms with van der Waals surface area (Å²) >= 11 is 0. The molecule has 0 fully saturated rings. The molecule has 3 unspecified atom stereocenters. The van der Waals surface area contributed by atoms with Crippen LogP contribution in [0.1, 0.15) is 322 Å². The minimum Gasteiger partial charge on any atom is -0.756 e. The van der Waals surface area contributed by atoms with Gasteiger partial charge in [0, 0.05) is 6.42 Å². The highest BCUT2D eigenvalue weighted by atomic mass is 31.2. The molecule has 2 N–H and O–H groups in total. The van der Waals surface area contributed by atoms with Crippen molar-refractivity contribution in [3.8, 4) is 0 Å². The first kappa shape index (κ1) is 79.7. The lowest BCUT2D eigenvalue weighted by atomic mass is 10.0. The van der Waals surface area contributed by atoms with E-state index in [1.54, 1.807) is 6.08 Å². The van der Waals surface area contributed by atoms with Crippen LogP contribution >= 0.6 is 7.82 Å². The zero-order chi connectivity index (χ0) is 59.8. The van der Waals surface area contributed by atoms with E-state index < -0.39 is 26.6 Å². The molecule has 0 saturated carbocycles. The molecule has 0 rings (SSSR count). The van der Waals surface area contributed by atoms with Gasteiger partial charge in [0.1, 0.15) is 13.2 Å². The summed E-state index contributed by atoms with van der Waals surface area (Å²) in [6, 6.07) is -0.910. The summed E-state index contributed by atoms with van der Waals surface area (Å²) < 4.78 is 23.4. The number of allylic oxidation sites excluding steroid dienone is 13. The first-order valence-corrected chi connectivity index (χ1v) is 36.4. The number of phosphoric acid groups is 1. The Morgan fingerprint density at radius 1 is 0.439 bits per heavy atom. The van der Waals surface area contributed by atoms with Gasteiger partial charge in [0.25, 0.3) is 7.82 Å². The van der Waals surface area contributed by atoms with Gasteiger partial charge in [0.15, 0.2) is 0 Å². The van der Waals surface area contributed by atoms with E-state index in [1.165, 1.54) is 231 Å². The Morgan fingerprint density at radius 2 is 0.756 bits per heavy atom. The molecule has 0 aliphatic heterocycles. The summed E-state index contributed by atoms with van der Waals surface area (Å²) in [5, 5.41) is 13.9. The number of likely N-dealkylation sites (N-methyl/N-ethyl adjacent to an activating group) is 1. The van der Waals surface area contributed by atoms with Crippen molar-refractivity contribution in [2.45, 2.75) is 334 Å². The highest BCUT2D eigenvalue weighted by Crippen LogP contribution is 2.38. The van der Waals surface area contributed by atoms with Gasteiger partial charge in [0.05, 0.1) is 39.9 Å². The van der Waals surface area contributed by atoms with Crippen LogP contribution in [-0.4, -0.2) is 68.5 Å². The fraction of sp³-hybridized carbons (Fsp3) is 0.795. The Bertz CT molecular complexity index is 1610. The molecule has 0 aromatic carbocycles. The molecule has 0 spiro atoms. The number of aliphatic hydroxyl groups is 1. The summed E-state index contributed by atoms with van der Waals surface area (Å²) in [5.41, 5.74) is 0. The topological polar surface area (TPSA) is 108 Å². The maximum atomic E-state index is 13.0. The number of hydrogen-bond donors (Lipinski definition) is 2. The number of phosphoric ester groups is 1. The number of carbonyl (C=O) groups is 1. The van der Waals surface area contributed by atoms with Crippen molar-refractivity contribution in [1.29, 1.82) is 0 Å². The smallest absolute Gasteiger partial charge is 0.268 e. The third-order valence-electron chi connectivity index (χ3n) is 15.6. The number of nitrogens with one attached hydrogen (secondary N) is 1. The minimum atomic E-state index is -4.62. The van der Waals surface area contributed by atoms with Gasteiger partial charge in [-0.3, -0.25) is 9.36 Å². The van der Waals surface area contributed by atoms with Crippen LogP contribution in [0.2, 0.25) is 0 Å². The van der Waals surface area contributed by atoms with Gasteiger partial charge in [0.2, 0.25) is 5.91 Å². The molecule has 0 saturated heterocycles. The fourth-order valence-corrected chi connectivity index (χ4v) is 10.9. The Balaban J connectivity index is 4.12. The second kappa shape index (κ2) is 63.2. The summed E-state index contributed by atoms with van der Waals surface area (Å²) in [6.07, 6.45) is 90.0. The monoisotopic (exact) mass is 1170 g/mol. The van der Waals surface area contributed by atoms with Crippen molar-refractivity contribution in [1.82, 2.24) is 5.32 Å². The molecular formula is C73H135N2O6P. The van der Waals surface area contributed by atoms with Crippen molar-refractivity contribution in [3.63, 3.8) is 0 Å². The van der Waals surface area contributed by atoms with E-state index in [9.17, 15) is 19.4 Å². The van der Waals surface area contributed by atoms with Crippen molar-refractivity contribution >= 4 is 13.7 Å². The zero-order valence-corrected chi connectivity index (χ0v) is 55.6. The number of hydrogen-bond acceptors (Lipinski definition) is 6. The van der Waals surface area contributed by atoms with Crippen molar-refractivity contribution in [2.24, 2.45) is 0 Å². The first-order valence-electron chi connectivity index (χ1n) is 34.9. The highest BCUT2D eigenvalue weighted by molar-refractivity contribution is 7.45. The lowest BCUT2D eigenvalue weighted by Crippen LogP contribution is -2.45. The van der Waals surface area contributed by atoms with Crippen molar-refractivity contribution in [3.05, 3.63) is 85.1 Å². The van der Waals surface area contributed by atoms with Crippen LogP contribution in [0, 0.1) is 0 Å². The predicted molar refractivity (Wildman–Crippen MR) is 357 cm³/mol. The Morgan fingerprint density at radius 3 is 1.13 bits per heavy atom. The largest absolute Gasteiger partial charge is 0.756 e.